The Morgan fingerprint density at radius 2 is 1.86 bits per heavy atom. The maximum atomic E-state index is 12.6. The van der Waals surface area contributed by atoms with Crippen molar-refractivity contribution in [2.24, 2.45) is 0 Å². The van der Waals surface area contributed by atoms with Crippen LogP contribution in [0.15, 0.2) is 36.4 Å². The van der Waals surface area contributed by atoms with Crippen LogP contribution in [-0.4, -0.2) is 23.1 Å². The summed E-state index contributed by atoms with van der Waals surface area (Å²) in [6.07, 6.45) is -4.56. The Balaban J connectivity index is 1.90. The number of aromatic nitrogens is 2. The third-order valence-electron chi connectivity index (χ3n) is 2.45. The molecule has 1 aromatic carbocycles. The Kier molecular flexibility index (Phi) is 4.46. The molecule has 0 atom stereocenters. The molecular weight excluding hydrogens is 285 g/mol. The van der Waals surface area contributed by atoms with Gasteiger partial charge in [0.2, 0.25) is 5.95 Å². The van der Waals surface area contributed by atoms with Crippen LogP contribution in [0.25, 0.3) is 0 Å². The van der Waals surface area contributed by atoms with Gasteiger partial charge in [-0.3, -0.25) is 0 Å². The number of nitrogen functional groups attached to an aromatic ring is 1. The van der Waals surface area contributed by atoms with Gasteiger partial charge in [0.05, 0.1) is 6.54 Å². The van der Waals surface area contributed by atoms with E-state index in [1.54, 1.807) is 12.1 Å². The first-order chi connectivity index (χ1) is 9.95. The molecule has 0 radical (unpaired) electrons. The SMILES string of the molecule is Nc1nc(NCCOc2ccccc2)cc(C(F)(F)F)n1. The van der Waals surface area contributed by atoms with Gasteiger partial charge in [-0.2, -0.15) is 18.2 Å². The third kappa shape index (κ3) is 4.51. The van der Waals surface area contributed by atoms with Crippen molar-refractivity contribution in [3.05, 3.63) is 42.1 Å². The average molecular weight is 298 g/mol. The monoisotopic (exact) mass is 298 g/mol. The molecular formula is C13H13F3N4O. The molecule has 112 valence electrons. The number of ether oxygens (including phenoxy) is 1. The first-order valence-electron chi connectivity index (χ1n) is 6.08. The summed E-state index contributed by atoms with van der Waals surface area (Å²) >= 11 is 0. The zero-order valence-electron chi connectivity index (χ0n) is 10.9. The smallest absolute Gasteiger partial charge is 0.433 e. The molecule has 2 rings (SSSR count). The number of nitrogens with one attached hydrogen (secondary N) is 1. The number of benzene rings is 1. The van der Waals surface area contributed by atoms with Gasteiger partial charge in [-0.25, -0.2) is 4.98 Å². The molecule has 0 unspecified atom stereocenters. The van der Waals surface area contributed by atoms with E-state index >= 15 is 0 Å². The lowest BCUT2D eigenvalue weighted by Crippen LogP contribution is -2.16. The molecule has 0 spiro atoms. The number of anilines is 2. The Labute approximate surface area is 119 Å². The summed E-state index contributed by atoms with van der Waals surface area (Å²) in [5, 5.41) is 2.71. The highest BCUT2D eigenvalue weighted by atomic mass is 19.4. The molecule has 0 aliphatic carbocycles. The molecule has 8 heteroatoms. The Morgan fingerprint density at radius 1 is 1.14 bits per heavy atom. The predicted octanol–water partition coefficient (Wildman–Crippen LogP) is 2.57. The Hall–Kier alpha value is -2.51. The maximum absolute atomic E-state index is 12.6. The van der Waals surface area contributed by atoms with Crippen molar-refractivity contribution in [1.82, 2.24) is 9.97 Å². The van der Waals surface area contributed by atoms with Gasteiger partial charge in [-0.1, -0.05) is 18.2 Å². The largest absolute Gasteiger partial charge is 0.492 e. The second-order valence-corrected chi connectivity index (χ2v) is 4.08. The highest BCUT2D eigenvalue weighted by Crippen LogP contribution is 2.29. The van der Waals surface area contributed by atoms with Crippen LogP contribution < -0.4 is 15.8 Å². The highest BCUT2D eigenvalue weighted by Gasteiger charge is 2.33. The van der Waals surface area contributed by atoms with Crippen molar-refractivity contribution < 1.29 is 17.9 Å². The van der Waals surface area contributed by atoms with Crippen molar-refractivity contribution >= 4 is 11.8 Å². The topological polar surface area (TPSA) is 73.1 Å². The first-order valence-corrected chi connectivity index (χ1v) is 6.08. The number of nitrogens with two attached hydrogens (primary N) is 1. The zero-order valence-corrected chi connectivity index (χ0v) is 10.9. The van der Waals surface area contributed by atoms with Gasteiger partial charge >= 0.3 is 6.18 Å². The minimum Gasteiger partial charge on any atom is -0.492 e. The number of hydrogen-bond acceptors (Lipinski definition) is 5. The molecule has 1 heterocycles. The molecule has 0 aliphatic heterocycles. The number of halogens is 3. The van der Waals surface area contributed by atoms with Crippen LogP contribution in [0.3, 0.4) is 0 Å². The minimum absolute atomic E-state index is 0.00601. The van der Waals surface area contributed by atoms with Gasteiger partial charge < -0.3 is 15.8 Å². The van der Waals surface area contributed by atoms with Crippen molar-refractivity contribution in [3.63, 3.8) is 0 Å². The van der Waals surface area contributed by atoms with E-state index in [4.69, 9.17) is 10.5 Å². The van der Waals surface area contributed by atoms with E-state index in [2.05, 4.69) is 15.3 Å². The Bertz CT molecular complexity index is 590. The molecule has 5 nitrogen and oxygen atoms in total. The van der Waals surface area contributed by atoms with Gasteiger partial charge in [0.1, 0.15) is 18.2 Å². The van der Waals surface area contributed by atoms with Gasteiger partial charge in [-0.15, -0.1) is 0 Å². The van der Waals surface area contributed by atoms with E-state index in [0.29, 0.717) is 5.75 Å². The van der Waals surface area contributed by atoms with Crippen LogP contribution in [0.4, 0.5) is 24.9 Å². The average Bonchev–Trinajstić information content (AvgIpc) is 2.43. The standard InChI is InChI=1S/C13H13F3N4O/c14-13(15,16)10-8-11(20-12(17)19-10)18-6-7-21-9-4-2-1-3-5-9/h1-5,8H,6-7H2,(H3,17,18,19,20). The third-order valence-corrected chi connectivity index (χ3v) is 2.45. The second kappa shape index (κ2) is 6.29. The summed E-state index contributed by atoms with van der Waals surface area (Å²) in [5.41, 5.74) is 4.18. The van der Waals surface area contributed by atoms with Gasteiger partial charge in [-0.05, 0) is 12.1 Å². The van der Waals surface area contributed by atoms with E-state index in [1.165, 1.54) is 0 Å². The van der Waals surface area contributed by atoms with E-state index in [9.17, 15) is 13.2 Å². The quantitative estimate of drug-likeness (QED) is 0.830. The number of nitrogens with zero attached hydrogens (tertiary/aromatic N) is 2. The molecule has 0 fully saturated rings. The summed E-state index contributed by atoms with van der Waals surface area (Å²) in [5.74, 6) is 0.250. The molecule has 1 aromatic heterocycles. The summed E-state index contributed by atoms with van der Waals surface area (Å²) in [4.78, 5) is 6.84. The summed E-state index contributed by atoms with van der Waals surface area (Å²) < 4.78 is 43.1. The number of alkyl halides is 3. The van der Waals surface area contributed by atoms with Crippen LogP contribution in [0, 0.1) is 0 Å². The van der Waals surface area contributed by atoms with E-state index < -0.39 is 17.8 Å². The number of rotatable bonds is 5. The van der Waals surface area contributed by atoms with Gasteiger partial charge in [0.15, 0.2) is 5.69 Å². The molecule has 21 heavy (non-hydrogen) atoms. The van der Waals surface area contributed by atoms with Crippen LogP contribution in [-0.2, 0) is 6.18 Å². The molecule has 2 aromatic rings. The molecule has 0 saturated heterocycles. The fraction of sp³-hybridized carbons (Fsp3) is 0.231. The molecule has 3 N–H and O–H groups in total. The number of hydrogen-bond donors (Lipinski definition) is 2. The summed E-state index contributed by atoms with van der Waals surface area (Å²) in [6.45, 7) is 0.553. The predicted molar refractivity (Wildman–Crippen MR) is 71.9 cm³/mol. The molecule has 0 saturated carbocycles. The van der Waals surface area contributed by atoms with Crippen molar-refractivity contribution in [2.45, 2.75) is 6.18 Å². The van der Waals surface area contributed by atoms with Crippen LogP contribution in [0.1, 0.15) is 5.69 Å². The van der Waals surface area contributed by atoms with E-state index in [-0.39, 0.29) is 19.0 Å². The van der Waals surface area contributed by atoms with Crippen molar-refractivity contribution in [3.8, 4) is 5.75 Å². The van der Waals surface area contributed by atoms with Crippen LogP contribution >= 0.6 is 0 Å². The summed E-state index contributed by atoms with van der Waals surface area (Å²) in [7, 11) is 0. The van der Waals surface area contributed by atoms with Gasteiger partial charge in [0, 0.05) is 6.07 Å². The summed E-state index contributed by atoms with van der Waals surface area (Å²) in [6, 6.07) is 9.87. The van der Waals surface area contributed by atoms with Crippen molar-refractivity contribution in [2.75, 3.05) is 24.2 Å². The van der Waals surface area contributed by atoms with Crippen LogP contribution in [0.2, 0.25) is 0 Å². The number of para-hydroxylation sites is 1. The highest BCUT2D eigenvalue weighted by molar-refractivity contribution is 5.41. The lowest BCUT2D eigenvalue weighted by atomic mass is 10.3. The van der Waals surface area contributed by atoms with Crippen LogP contribution in [0.5, 0.6) is 5.75 Å². The lowest BCUT2D eigenvalue weighted by molar-refractivity contribution is -0.141. The van der Waals surface area contributed by atoms with E-state index in [1.807, 2.05) is 18.2 Å². The molecule has 0 bridgehead atoms. The zero-order chi connectivity index (χ0) is 15.3. The maximum Gasteiger partial charge on any atom is 0.433 e. The van der Waals surface area contributed by atoms with E-state index in [0.717, 1.165) is 6.07 Å². The lowest BCUT2D eigenvalue weighted by Gasteiger charge is -2.11. The molecule has 0 aliphatic rings. The second-order valence-electron chi connectivity index (χ2n) is 4.08. The Morgan fingerprint density at radius 3 is 2.52 bits per heavy atom. The normalized spacial score (nSPS) is 11.2. The van der Waals surface area contributed by atoms with Gasteiger partial charge in [0.25, 0.3) is 0 Å². The fourth-order valence-electron chi connectivity index (χ4n) is 1.57. The minimum atomic E-state index is -4.56. The molecule has 0 amide bonds. The first kappa shape index (κ1) is 14.9. The fourth-order valence-corrected chi connectivity index (χ4v) is 1.57. The van der Waals surface area contributed by atoms with Crippen molar-refractivity contribution in [1.29, 1.82) is 0 Å².